The van der Waals surface area contributed by atoms with Crippen LogP contribution in [0, 0.1) is 13.8 Å². The highest BCUT2D eigenvalue weighted by molar-refractivity contribution is 5.90. The minimum absolute atomic E-state index is 0.0740. The largest absolute Gasteiger partial charge is 0.491 e. The van der Waals surface area contributed by atoms with E-state index in [2.05, 4.69) is 41.6 Å². The van der Waals surface area contributed by atoms with Crippen molar-refractivity contribution in [2.75, 3.05) is 31.6 Å². The number of ether oxygens (including phenoxy) is 3. The Kier molecular flexibility index (Phi) is 8.94. The summed E-state index contributed by atoms with van der Waals surface area (Å²) in [5.41, 5.74) is 6.92. The summed E-state index contributed by atoms with van der Waals surface area (Å²) in [5, 5.41) is 8.18. The van der Waals surface area contributed by atoms with Gasteiger partial charge in [0.15, 0.2) is 5.82 Å². The van der Waals surface area contributed by atoms with Crippen LogP contribution in [0.25, 0.3) is 17.1 Å². The summed E-state index contributed by atoms with van der Waals surface area (Å²) in [4.78, 5) is 31.7. The molecule has 1 unspecified atom stereocenters. The number of aromatic nitrogens is 3. The second-order valence-corrected chi connectivity index (χ2v) is 13.2. The molecule has 10 nitrogen and oxygen atoms in total. The number of amides is 1. The molecule has 246 valence electrons. The number of fused-ring (bicyclic) bond motifs is 1. The van der Waals surface area contributed by atoms with Crippen LogP contribution in [-0.4, -0.2) is 63.6 Å². The normalized spacial score (nSPS) is 16.4. The van der Waals surface area contributed by atoms with Crippen molar-refractivity contribution in [2.24, 2.45) is 0 Å². The Labute approximate surface area is 276 Å². The standard InChI is InChI=1S/C37H43N5O5/c1-7-45-35(43)28-21-38-42(24(28)3)33-13-9-11-30(40-33)27-10-8-12-32-34(27)31(22-46-32)39-29-15-14-26(20-23(29)2)25-16-18-41(19-17-25)36(44)47-37(4,5)6/h8-15,20-21,25,31,39H,7,16-19,22H2,1-6H3. The number of benzene rings is 2. The molecular formula is C37H43N5O5. The van der Waals surface area contributed by atoms with Gasteiger partial charge in [-0.2, -0.15) is 5.10 Å². The van der Waals surface area contributed by atoms with Crippen molar-refractivity contribution in [1.29, 1.82) is 0 Å². The molecule has 0 aliphatic carbocycles. The van der Waals surface area contributed by atoms with Crippen LogP contribution in [0.5, 0.6) is 5.75 Å². The summed E-state index contributed by atoms with van der Waals surface area (Å²) in [7, 11) is 0. The maximum atomic E-state index is 12.5. The average Bonchev–Trinajstić information content (AvgIpc) is 3.64. The van der Waals surface area contributed by atoms with Crippen molar-refractivity contribution >= 4 is 17.7 Å². The second-order valence-electron chi connectivity index (χ2n) is 13.2. The van der Waals surface area contributed by atoms with Gasteiger partial charge in [-0.1, -0.05) is 30.3 Å². The zero-order valence-electron chi connectivity index (χ0n) is 28.0. The van der Waals surface area contributed by atoms with Gasteiger partial charge in [0.05, 0.1) is 30.2 Å². The third-order valence-corrected chi connectivity index (χ3v) is 8.75. The molecule has 47 heavy (non-hydrogen) atoms. The van der Waals surface area contributed by atoms with Crippen molar-refractivity contribution < 1.29 is 23.8 Å². The Hall–Kier alpha value is -4.86. The molecule has 2 aromatic heterocycles. The van der Waals surface area contributed by atoms with E-state index < -0.39 is 11.6 Å². The molecule has 2 aliphatic heterocycles. The van der Waals surface area contributed by atoms with Crippen molar-refractivity contribution in [3.63, 3.8) is 0 Å². The summed E-state index contributed by atoms with van der Waals surface area (Å²) >= 11 is 0. The van der Waals surface area contributed by atoms with E-state index in [1.54, 1.807) is 11.6 Å². The number of nitrogens with one attached hydrogen (secondary N) is 1. The molecule has 1 saturated heterocycles. The van der Waals surface area contributed by atoms with Crippen LogP contribution in [0.2, 0.25) is 0 Å². The molecule has 4 aromatic rings. The van der Waals surface area contributed by atoms with E-state index in [9.17, 15) is 9.59 Å². The molecule has 1 N–H and O–H groups in total. The fourth-order valence-electron chi connectivity index (χ4n) is 6.38. The summed E-state index contributed by atoms with van der Waals surface area (Å²) in [6, 6.07) is 18.4. The third-order valence-electron chi connectivity index (χ3n) is 8.75. The third kappa shape index (κ3) is 6.82. The van der Waals surface area contributed by atoms with Crippen molar-refractivity contribution in [2.45, 2.75) is 71.9 Å². The van der Waals surface area contributed by atoms with Crippen LogP contribution in [0.1, 0.15) is 85.2 Å². The molecule has 4 heterocycles. The van der Waals surface area contributed by atoms with Crippen LogP contribution >= 0.6 is 0 Å². The molecule has 2 aliphatic rings. The Bertz CT molecular complexity index is 1780. The van der Waals surface area contributed by atoms with Gasteiger partial charge in [-0.3, -0.25) is 0 Å². The smallest absolute Gasteiger partial charge is 0.410 e. The van der Waals surface area contributed by atoms with Crippen molar-refractivity contribution in [1.82, 2.24) is 19.7 Å². The van der Waals surface area contributed by atoms with Gasteiger partial charge in [-0.25, -0.2) is 19.3 Å². The van der Waals surface area contributed by atoms with E-state index in [1.807, 2.05) is 62.9 Å². The number of pyridine rings is 1. The number of nitrogens with zero attached hydrogens (tertiary/aromatic N) is 4. The number of piperidine rings is 1. The number of anilines is 1. The van der Waals surface area contributed by atoms with E-state index >= 15 is 0 Å². The summed E-state index contributed by atoms with van der Waals surface area (Å²) in [6.07, 6.45) is 3.11. The van der Waals surface area contributed by atoms with Crippen molar-refractivity contribution in [3.05, 3.63) is 88.7 Å². The quantitative estimate of drug-likeness (QED) is 0.209. The number of carbonyl (C=O) groups excluding carboxylic acids is 2. The zero-order chi connectivity index (χ0) is 33.3. The highest BCUT2D eigenvalue weighted by atomic mass is 16.6. The number of aryl methyl sites for hydroxylation is 1. The van der Waals surface area contributed by atoms with E-state index in [-0.39, 0.29) is 12.1 Å². The van der Waals surface area contributed by atoms with Crippen LogP contribution < -0.4 is 10.1 Å². The Balaban J connectivity index is 1.19. The van der Waals surface area contributed by atoms with Gasteiger partial charge in [-0.05, 0) is 95.7 Å². The molecule has 2 aromatic carbocycles. The lowest BCUT2D eigenvalue weighted by molar-refractivity contribution is 0.0204. The lowest BCUT2D eigenvalue weighted by atomic mass is 9.88. The number of hydrogen-bond donors (Lipinski definition) is 1. The minimum atomic E-state index is -0.490. The maximum Gasteiger partial charge on any atom is 0.410 e. The number of carbonyl (C=O) groups is 2. The van der Waals surface area contributed by atoms with Crippen LogP contribution in [0.15, 0.2) is 60.8 Å². The number of rotatable bonds is 7. The maximum absolute atomic E-state index is 12.5. The van der Waals surface area contributed by atoms with E-state index in [0.717, 1.165) is 46.7 Å². The fourth-order valence-corrected chi connectivity index (χ4v) is 6.38. The number of hydrogen-bond acceptors (Lipinski definition) is 8. The highest BCUT2D eigenvalue weighted by Gasteiger charge is 2.30. The van der Waals surface area contributed by atoms with Gasteiger partial charge >= 0.3 is 12.1 Å². The first-order valence-corrected chi connectivity index (χ1v) is 16.3. The zero-order valence-corrected chi connectivity index (χ0v) is 28.0. The van der Waals surface area contributed by atoms with Gasteiger partial charge in [0, 0.05) is 29.9 Å². The molecule has 1 atom stereocenters. The van der Waals surface area contributed by atoms with Gasteiger partial charge in [0.25, 0.3) is 0 Å². The topological polar surface area (TPSA) is 108 Å². The number of likely N-dealkylation sites (tertiary alicyclic amines) is 1. The first kappa shape index (κ1) is 32.1. The van der Waals surface area contributed by atoms with E-state index in [1.165, 1.54) is 11.8 Å². The Morgan fingerprint density at radius 2 is 1.81 bits per heavy atom. The fraction of sp³-hybridized carbons (Fsp3) is 0.405. The van der Waals surface area contributed by atoms with Crippen LogP contribution in [-0.2, 0) is 9.47 Å². The Morgan fingerprint density at radius 3 is 2.53 bits per heavy atom. The molecule has 0 spiro atoms. The molecule has 10 heteroatoms. The minimum Gasteiger partial charge on any atom is -0.491 e. The summed E-state index contributed by atoms with van der Waals surface area (Å²) < 4.78 is 18.6. The molecule has 0 radical (unpaired) electrons. The van der Waals surface area contributed by atoms with Gasteiger partial charge < -0.3 is 24.4 Å². The predicted octanol–water partition coefficient (Wildman–Crippen LogP) is 7.39. The van der Waals surface area contributed by atoms with Gasteiger partial charge in [0.1, 0.15) is 23.5 Å². The van der Waals surface area contributed by atoms with E-state index in [0.29, 0.717) is 49.3 Å². The highest BCUT2D eigenvalue weighted by Crippen LogP contribution is 2.42. The molecular weight excluding hydrogens is 594 g/mol. The average molecular weight is 638 g/mol. The second kappa shape index (κ2) is 13.1. The van der Waals surface area contributed by atoms with E-state index in [4.69, 9.17) is 19.2 Å². The lowest BCUT2D eigenvalue weighted by Crippen LogP contribution is -2.41. The molecule has 1 fully saturated rings. The number of esters is 1. The SMILES string of the molecule is CCOC(=O)c1cnn(-c2cccc(-c3cccc4c3C(Nc3ccc(C5CCN(C(=O)OC(C)(C)C)CC5)cc3C)CO4)n2)c1C. The first-order chi connectivity index (χ1) is 22.5. The molecule has 0 saturated carbocycles. The summed E-state index contributed by atoms with van der Waals surface area (Å²) in [6.45, 7) is 13.6. The van der Waals surface area contributed by atoms with Crippen molar-refractivity contribution in [3.8, 4) is 22.8 Å². The molecule has 6 rings (SSSR count). The first-order valence-electron chi connectivity index (χ1n) is 16.3. The van der Waals surface area contributed by atoms with Gasteiger partial charge in [0.2, 0.25) is 0 Å². The molecule has 1 amide bonds. The molecule has 0 bridgehead atoms. The predicted molar refractivity (Wildman–Crippen MR) is 180 cm³/mol. The van der Waals surface area contributed by atoms with Crippen LogP contribution in [0.4, 0.5) is 10.5 Å². The monoisotopic (exact) mass is 637 g/mol. The lowest BCUT2D eigenvalue weighted by Gasteiger charge is -2.33. The Morgan fingerprint density at radius 1 is 1.04 bits per heavy atom. The van der Waals surface area contributed by atoms with Gasteiger partial charge in [-0.15, -0.1) is 0 Å². The summed E-state index contributed by atoms with van der Waals surface area (Å²) in [5.74, 6) is 1.44. The van der Waals surface area contributed by atoms with Crippen LogP contribution in [0.3, 0.4) is 0 Å².